The van der Waals surface area contributed by atoms with Crippen LogP contribution in [-0.2, 0) is 17.6 Å². The van der Waals surface area contributed by atoms with Gasteiger partial charge in [0.15, 0.2) is 0 Å². The van der Waals surface area contributed by atoms with Crippen LogP contribution < -0.4 is 15.5 Å². The van der Waals surface area contributed by atoms with E-state index in [-0.39, 0.29) is 16.8 Å². The van der Waals surface area contributed by atoms with E-state index in [2.05, 4.69) is 18.8 Å². The number of carbonyl (C=O) groups is 3. The second-order valence-corrected chi connectivity index (χ2v) is 11.4. The van der Waals surface area contributed by atoms with Gasteiger partial charge in [-0.1, -0.05) is 32.0 Å². The van der Waals surface area contributed by atoms with Gasteiger partial charge in [0.1, 0.15) is 11.6 Å². The van der Waals surface area contributed by atoms with Crippen molar-refractivity contribution in [3.05, 3.63) is 82.0 Å². The Bertz CT molecular complexity index is 1740. The fourth-order valence-corrected chi connectivity index (χ4v) is 6.28. The Morgan fingerprint density at radius 1 is 1.07 bits per heavy atom. The molecule has 4 aromatic rings. The smallest absolute Gasteiger partial charge is 0.260 e. The Balaban J connectivity index is 1.68. The normalized spacial score (nSPS) is 14.6. The van der Waals surface area contributed by atoms with Crippen LogP contribution in [0.15, 0.2) is 42.5 Å². The number of halogens is 2. The van der Waals surface area contributed by atoms with E-state index < -0.39 is 23.4 Å². The third-order valence-electron chi connectivity index (χ3n) is 8.63. The monoisotopic (exact) mass is 572 g/mol. The minimum absolute atomic E-state index is 0.00990. The second-order valence-electron chi connectivity index (χ2n) is 11.4. The molecule has 0 saturated heterocycles. The zero-order valence-corrected chi connectivity index (χ0v) is 24.3. The van der Waals surface area contributed by atoms with Crippen molar-refractivity contribution in [2.24, 2.45) is 17.6 Å². The number of amides is 3. The third-order valence-corrected chi connectivity index (χ3v) is 8.63. The number of primary amides is 1. The lowest BCUT2D eigenvalue weighted by atomic mass is 9.79. The molecule has 7 nitrogen and oxygen atoms in total. The topological polar surface area (TPSA) is 99.5 Å². The number of H-pyrrole nitrogens is 1. The van der Waals surface area contributed by atoms with Crippen LogP contribution in [0.4, 0.5) is 20.2 Å². The molecule has 9 heteroatoms. The Labute approximate surface area is 243 Å². The first-order valence-corrected chi connectivity index (χ1v) is 14.0. The van der Waals surface area contributed by atoms with Gasteiger partial charge in [0.05, 0.1) is 22.3 Å². The van der Waals surface area contributed by atoms with Crippen LogP contribution in [0, 0.1) is 30.4 Å². The molecule has 1 heterocycles. The fourth-order valence-electron chi connectivity index (χ4n) is 6.28. The van der Waals surface area contributed by atoms with Crippen LogP contribution >= 0.6 is 0 Å². The lowest BCUT2D eigenvalue weighted by Crippen LogP contribution is -2.29. The van der Waals surface area contributed by atoms with Crippen LogP contribution in [0.2, 0.25) is 0 Å². The summed E-state index contributed by atoms with van der Waals surface area (Å²) in [5.74, 6) is -1.60. The fraction of sp³-hybridized carbons (Fsp3) is 0.303. The molecule has 3 N–H and O–H groups in total. The van der Waals surface area contributed by atoms with E-state index in [0.717, 1.165) is 35.4 Å². The molecule has 1 aliphatic rings. The highest BCUT2D eigenvalue weighted by molar-refractivity contribution is 6.13. The summed E-state index contributed by atoms with van der Waals surface area (Å²) >= 11 is 0. The summed E-state index contributed by atoms with van der Waals surface area (Å²) in [6.07, 6.45) is 2.91. The number of nitrogens with one attached hydrogen (secondary N) is 1. The number of para-hydroxylation sites is 1. The van der Waals surface area contributed by atoms with Crippen molar-refractivity contribution in [1.29, 1.82) is 0 Å². The number of benzene rings is 3. The Morgan fingerprint density at radius 3 is 2.45 bits per heavy atom. The van der Waals surface area contributed by atoms with Gasteiger partial charge in [-0.25, -0.2) is 8.78 Å². The molecule has 0 radical (unpaired) electrons. The molecule has 0 fully saturated rings. The van der Waals surface area contributed by atoms with E-state index in [4.69, 9.17) is 5.73 Å². The van der Waals surface area contributed by atoms with E-state index in [1.807, 2.05) is 0 Å². The summed E-state index contributed by atoms with van der Waals surface area (Å²) in [7, 11) is 2.93. The second kappa shape index (κ2) is 11.0. The van der Waals surface area contributed by atoms with Gasteiger partial charge in [-0.05, 0) is 79.0 Å². The minimum atomic E-state index is -0.716. The highest BCUT2D eigenvalue weighted by atomic mass is 19.1. The number of aromatic nitrogens is 1. The van der Waals surface area contributed by atoms with Gasteiger partial charge in [-0.2, -0.15) is 0 Å². The first kappa shape index (κ1) is 29.0. The molecule has 3 aromatic carbocycles. The number of nitrogens with two attached hydrogens (primary N) is 1. The number of nitrogens with zero attached hydrogens (tertiary/aromatic N) is 2. The highest BCUT2D eigenvalue weighted by Gasteiger charge is 2.30. The first-order valence-electron chi connectivity index (χ1n) is 14.0. The molecule has 1 aromatic heterocycles. The standard InChI is InChI=1S/C33H34F2N4O3/c1-17(2)19-12-13-21-26(14-19)37-30-23(32(36)41)15-25(35)28(29(21)30)20-8-7-11-27(18(20)3)39(5)33(42)22-9-6-10-24(34)31(22)38(4)16-40/h6-11,15-17,19,37H,12-14H2,1-5H3,(H2,36,41). The Hall–Kier alpha value is -4.53. The highest BCUT2D eigenvalue weighted by Crippen LogP contribution is 2.43. The molecule has 0 bridgehead atoms. The molecule has 1 atom stereocenters. The molecule has 0 aliphatic heterocycles. The quantitative estimate of drug-likeness (QED) is 0.260. The summed E-state index contributed by atoms with van der Waals surface area (Å²) in [5.41, 5.74) is 10.1. The van der Waals surface area contributed by atoms with Crippen LogP contribution in [-0.4, -0.2) is 37.3 Å². The van der Waals surface area contributed by atoms with Crippen molar-refractivity contribution < 1.29 is 23.2 Å². The molecule has 1 unspecified atom stereocenters. The van der Waals surface area contributed by atoms with Gasteiger partial charge in [0.2, 0.25) is 6.41 Å². The summed E-state index contributed by atoms with van der Waals surface area (Å²) < 4.78 is 30.7. The maximum absolute atomic E-state index is 16.1. The van der Waals surface area contributed by atoms with Gasteiger partial charge in [0.25, 0.3) is 11.8 Å². The predicted molar refractivity (Wildman–Crippen MR) is 161 cm³/mol. The van der Waals surface area contributed by atoms with Crippen molar-refractivity contribution >= 4 is 40.5 Å². The van der Waals surface area contributed by atoms with Crippen LogP contribution in [0.25, 0.3) is 22.0 Å². The number of aromatic amines is 1. The van der Waals surface area contributed by atoms with Crippen molar-refractivity contribution in [2.45, 2.75) is 40.0 Å². The SMILES string of the molecule is Cc1c(-c2c(F)cc(C(N)=O)c3[nH]c4c(c23)CCC(C(C)C)C4)cccc1N(C)C(=O)c1cccc(F)c1N(C)C=O. The van der Waals surface area contributed by atoms with Crippen LogP contribution in [0.3, 0.4) is 0 Å². The molecule has 5 rings (SSSR count). The third kappa shape index (κ3) is 4.72. The first-order chi connectivity index (χ1) is 20.0. The summed E-state index contributed by atoms with van der Waals surface area (Å²) in [6.45, 7) is 6.17. The van der Waals surface area contributed by atoms with Crippen molar-refractivity contribution in [1.82, 2.24) is 4.98 Å². The number of aryl methyl sites for hydroxylation is 1. The predicted octanol–water partition coefficient (Wildman–Crippen LogP) is 6.15. The lowest BCUT2D eigenvalue weighted by Gasteiger charge is -2.26. The van der Waals surface area contributed by atoms with E-state index in [9.17, 15) is 18.8 Å². The molecule has 42 heavy (non-hydrogen) atoms. The van der Waals surface area contributed by atoms with Crippen molar-refractivity contribution in [3.63, 3.8) is 0 Å². The lowest BCUT2D eigenvalue weighted by molar-refractivity contribution is -0.107. The number of hydrogen-bond acceptors (Lipinski definition) is 3. The van der Waals surface area contributed by atoms with E-state index in [1.54, 1.807) is 32.2 Å². The number of anilines is 2. The van der Waals surface area contributed by atoms with E-state index in [0.29, 0.717) is 51.5 Å². The Kier molecular flexibility index (Phi) is 7.62. The van der Waals surface area contributed by atoms with E-state index >= 15 is 4.39 Å². The van der Waals surface area contributed by atoms with E-state index in [1.165, 1.54) is 36.2 Å². The van der Waals surface area contributed by atoms with Crippen LogP contribution in [0.5, 0.6) is 0 Å². The number of hydrogen-bond donors (Lipinski definition) is 2. The van der Waals surface area contributed by atoms with Gasteiger partial charge in [0, 0.05) is 36.4 Å². The van der Waals surface area contributed by atoms with Crippen molar-refractivity contribution in [3.8, 4) is 11.1 Å². The molecule has 0 spiro atoms. The largest absolute Gasteiger partial charge is 0.366 e. The minimum Gasteiger partial charge on any atom is -0.366 e. The summed E-state index contributed by atoms with van der Waals surface area (Å²) in [4.78, 5) is 43.3. The average molecular weight is 573 g/mol. The average Bonchev–Trinajstić information content (AvgIpc) is 3.34. The summed E-state index contributed by atoms with van der Waals surface area (Å²) in [5, 5.41) is 0.635. The number of carbonyl (C=O) groups excluding carboxylic acids is 3. The van der Waals surface area contributed by atoms with Gasteiger partial charge in [-0.3, -0.25) is 14.4 Å². The summed E-state index contributed by atoms with van der Waals surface area (Å²) in [6, 6.07) is 10.5. The van der Waals surface area contributed by atoms with Gasteiger partial charge >= 0.3 is 0 Å². The molecule has 3 amide bonds. The van der Waals surface area contributed by atoms with Crippen LogP contribution in [0.1, 0.15) is 57.8 Å². The number of rotatable bonds is 7. The molecule has 1 aliphatic carbocycles. The molecule has 0 saturated carbocycles. The zero-order chi connectivity index (χ0) is 30.5. The Morgan fingerprint density at radius 2 is 1.79 bits per heavy atom. The van der Waals surface area contributed by atoms with Gasteiger partial charge in [-0.15, -0.1) is 0 Å². The zero-order valence-electron chi connectivity index (χ0n) is 24.3. The van der Waals surface area contributed by atoms with Crippen molar-refractivity contribution in [2.75, 3.05) is 23.9 Å². The number of fused-ring (bicyclic) bond motifs is 3. The maximum Gasteiger partial charge on any atom is 0.260 e. The molecule has 218 valence electrons. The maximum atomic E-state index is 16.1. The van der Waals surface area contributed by atoms with Gasteiger partial charge < -0.3 is 20.5 Å². The molecular formula is C33H34F2N4O3. The molecular weight excluding hydrogens is 538 g/mol.